The lowest BCUT2D eigenvalue weighted by Crippen LogP contribution is -2.26. The van der Waals surface area contributed by atoms with Crippen LogP contribution in [0.2, 0.25) is 0 Å². The summed E-state index contributed by atoms with van der Waals surface area (Å²) >= 11 is 3.62. The Morgan fingerprint density at radius 2 is 1.20 bits per heavy atom. The molecule has 128 valence electrons. The van der Waals surface area contributed by atoms with E-state index in [1.807, 2.05) is 66.7 Å². The largest absolute Gasteiger partial charge is 0.309 e. The van der Waals surface area contributed by atoms with E-state index in [1.165, 1.54) is 5.56 Å². The Labute approximate surface area is 158 Å². The van der Waals surface area contributed by atoms with Crippen molar-refractivity contribution in [3.8, 4) is 0 Å². The second-order valence-electron chi connectivity index (χ2n) is 7.23. The minimum atomic E-state index is -2.93. The van der Waals surface area contributed by atoms with Crippen LogP contribution in [0.25, 0.3) is 0 Å². The number of hydrogen-bond acceptors (Lipinski definition) is 1. The van der Waals surface area contributed by atoms with Crippen LogP contribution in [-0.2, 0) is 9.98 Å². The van der Waals surface area contributed by atoms with E-state index in [2.05, 4.69) is 48.8 Å². The molecule has 0 aliphatic heterocycles. The average Bonchev–Trinajstić information content (AvgIpc) is 2.61. The quantitative estimate of drug-likeness (QED) is 0.527. The third kappa shape index (κ3) is 3.66. The summed E-state index contributed by atoms with van der Waals surface area (Å²) in [5.74, 6) is 0. The van der Waals surface area contributed by atoms with E-state index in [9.17, 15) is 4.57 Å². The molecule has 0 amide bonds. The van der Waals surface area contributed by atoms with Gasteiger partial charge in [-0.25, -0.2) is 0 Å². The molecule has 0 saturated heterocycles. The first-order valence-corrected chi connectivity index (χ1v) is 10.8. The maximum atomic E-state index is 14.4. The van der Waals surface area contributed by atoms with Gasteiger partial charge in [0, 0.05) is 20.4 Å². The number of rotatable bonds is 3. The molecule has 3 heteroatoms. The van der Waals surface area contributed by atoms with Gasteiger partial charge in [0.1, 0.15) is 0 Å². The van der Waals surface area contributed by atoms with Crippen LogP contribution in [0.4, 0.5) is 0 Å². The van der Waals surface area contributed by atoms with Crippen LogP contribution in [0.3, 0.4) is 0 Å². The lowest BCUT2D eigenvalue weighted by atomic mass is 9.87. The highest BCUT2D eigenvalue weighted by atomic mass is 79.9. The molecular weight excluding hydrogens is 391 g/mol. The van der Waals surface area contributed by atoms with Gasteiger partial charge in [-0.15, -0.1) is 0 Å². The van der Waals surface area contributed by atoms with Gasteiger partial charge in [0.25, 0.3) is 0 Å². The van der Waals surface area contributed by atoms with Crippen molar-refractivity contribution in [2.75, 3.05) is 0 Å². The number of benzene rings is 3. The van der Waals surface area contributed by atoms with E-state index in [0.29, 0.717) is 0 Å². The highest BCUT2D eigenvalue weighted by Crippen LogP contribution is 2.43. The molecule has 0 aliphatic rings. The molecule has 3 rings (SSSR count). The molecule has 3 aromatic rings. The third-order valence-electron chi connectivity index (χ3n) is 4.35. The smallest absolute Gasteiger partial charge is 0.171 e. The Hall–Kier alpha value is -1.63. The standard InChI is InChI=1S/C22H22BrOP/c1-22(2,3)17-14-18(23)16-21(15-17)25(24,19-10-6-4-7-11-19)20-12-8-5-9-13-20/h4-16H,1-3H3. The van der Waals surface area contributed by atoms with Gasteiger partial charge in [-0.1, -0.05) is 97.4 Å². The minimum Gasteiger partial charge on any atom is -0.309 e. The second-order valence-corrected chi connectivity index (χ2v) is 10.9. The third-order valence-corrected chi connectivity index (χ3v) is 7.85. The first-order valence-electron chi connectivity index (χ1n) is 8.35. The van der Waals surface area contributed by atoms with Crippen LogP contribution < -0.4 is 15.9 Å². The molecule has 0 saturated carbocycles. The zero-order valence-corrected chi connectivity index (χ0v) is 17.2. The maximum Gasteiger partial charge on any atom is 0.171 e. The summed E-state index contributed by atoms with van der Waals surface area (Å²) in [6.45, 7) is 6.53. The van der Waals surface area contributed by atoms with Gasteiger partial charge in [0.15, 0.2) is 7.14 Å². The second kappa shape index (κ2) is 6.94. The van der Waals surface area contributed by atoms with Crippen LogP contribution in [0, 0.1) is 0 Å². The molecule has 3 aromatic carbocycles. The van der Waals surface area contributed by atoms with Gasteiger partial charge in [0.2, 0.25) is 0 Å². The van der Waals surface area contributed by atoms with Crippen molar-refractivity contribution in [3.05, 3.63) is 88.9 Å². The molecule has 1 nitrogen and oxygen atoms in total. The van der Waals surface area contributed by atoms with Crippen LogP contribution in [0.1, 0.15) is 26.3 Å². The Bertz CT molecular complexity index is 868. The van der Waals surface area contributed by atoms with Crippen molar-refractivity contribution in [2.24, 2.45) is 0 Å². The van der Waals surface area contributed by atoms with Crippen LogP contribution >= 0.6 is 23.1 Å². The molecule has 25 heavy (non-hydrogen) atoms. The van der Waals surface area contributed by atoms with E-state index in [-0.39, 0.29) is 5.41 Å². The predicted molar refractivity (Wildman–Crippen MR) is 112 cm³/mol. The lowest BCUT2D eigenvalue weighted by molar-refractivity contribution is 0.588. The van der Waals surface area contributed by atoms with E-state index >= 15 is 0 Å². The molecule has 0 aromatic heterocycles. The van der Waals surface area contributed by atoms with E-state index < -0.39 is 7.14 Å². The molecule has 0 heterocycles. The zero-order valence-electron chi connectivity index (χ0n) is 14.7. The Morgan fingerprint density at radius 1 is 0.720 bits per heavy atom. The van der Waals surface area contributed by atoms with Gasteiger partial charge in [-0.05, 0) is 29.2 Å². The molecule has 0 atom stereocenters. The van der Waals surface area contributed by atoms with Crippen LogP contribution in [0.15, 0.2) is 83.3 Å². The number of hydrogen-bond donors (Lipinski definition) is 0. The predicted octanol–water partition coefficient (Wildman–Crippen LogP) is 5.39. The lowest BCUT2D eigenvalue weighted by Gasteiger charge is -2.24. The first kappa shape index (κ1) is 18.2. The van der Waals surface area contributed by atoms with Crippen molar-refractivity contribution in [2.45, 2.75) is 26.2 Å². The SMILES string of the molecule is CC(C)(C)c1cc(Br)cc(P(=O)(c2ccccc2)c2ccccc2)c1. The highest BCUT2D eigenvalue weighted by molar-refractivity contribution is 9.10. The van der Waals surface area contributed by atoms with E-state index in [1.54, 1.807) is 0 Å². The fourth-order valence-corrected chi connectivity index (χ4v) is 6.30. The summed E-state index contributed by atoms with van der Waals surface area (Å²) in [5, 5.41) is 2.59. The summed E-state index contributed by atoms with van der Waals surface area (Å²) < 4.78 is 15.4. The highest BCUT2D eigenvalue weighted by Gasteiger charge is 2.31. The van der Waals surface area contributed by atoms with Gasteiger partial charge < -0.3 is 4.57 Å². The topological polar surface area (TPSA) is 17.1 Å². The first-order chi connectivity index (χ1) is 11.8. The van der Waals surface area contributed by atoms with Crippen molar-refractivity contribution in [1.82, 2.24) is 0 Å². The zero-order chi connectivity index (χ0) is 18.1. The van der Waals surface area contributed by atoms with Crippen LogP contribution in [0.5, 0.6) is 0 Å². The molecule has 0 spiro atoms. The van der Waals surface area contributed by atoms with Crippen molar-refractivity contribution < 1.29 is 4.57 Å². The van der Waals surface area contributed by atoms with Crippen LogP contribution in [-0.4, -0.2) is 0 Å². The molecular formula is C22H22BrOP. The fourth-order valence-electron chi connectivity index (χ4n) is 2.91. The molecule has 0 unspecified atom stereocenters. The summed E-state index contributed by atoms with van der Waals surface area (Å²) in [6.07, 6.45) is 0. The van der Waals surface area contributed by atoms with Gasteiger partial charge in [-0.2, -0.15) is 0 Å². The van der Waals surface area contributed by atoms with Crippen molar-refractivity contribution in [1.29, 1.82) is 0 Å². The monoisotopic (exact) mass is 412 g/mol. The summed E-state index contributed by atoms with van der Waals surface area (Å²) in [5.41, 5.74) is 1.15. The normalized spacial score (nSPS) is 12.2. The Balaban J connectivity index is 2.31. The fraction of sp³-hybridized carbons (Fsp3) is 0.182. The molecule has 0 N–H and O–H groups in total. The Kier molecular flexibility index (Phi) is 5.04. The van der Waals surface area contributed by atoms with Crippen molar-refractivity contribution in [3.63, 3.8) is 0 Å². The van der Waals surface area contributed by atoms with Gasteiger partial charge >= 0.3 is 0 Å². The summed E-state index contributed by atoms with van der Waals surface area (Å²) in [7, 11) is -2.93. The van der Waals surface area contributed by atoms with Gasteiger partial charge in [0.05, 0.1) is 0 Å². The number of halogens is 1. The van der Waals surface area contributed by atoms with E-state index in [4.69, 9.17) is 0 Å². The molecule has 0 radical (unpaired) electrons. The van der Waals surface area contributed by atoms with Crippen molar-refractivity contribution >= 4 is 39.0 Å². The summed E-state index contributed by atoms with van der Waals surface area (Å²) in [6, 6.07) is 25.8. The molecule has 0 fully saturated rings. The maximum absolute atomic E-state index is 14.4. The average molecular weight is 413 g/mol. The molecule has 0 bridgehead atoms. The molecule has 0 aliphatic carbocycles. The minimum absolute atomic E-state index is 0.0171. The summed E-state index contributed by atoms with van der Waals surface area (Å²) in [4.78, 5) is 0. The van der Waals surface area contributed by atoms with E-state index in [0.717, 1.165) is 20.4 Å². The Morgan fingerprint density at radius 3 is 1.64 bits per heavy atom. The van der Waals surface area contributed by atoms with Gasteiger partial charge in [-0.3, -0.25) is 0 Å².